The molecule has 1 saturated heterocycles. The summed E-state index contributed by atoms with van der Waals surface area (Å²) in [7, 11) is 0. The van der Waals surface area contributed by atoms with Gasteiger partial charge in [-0.15, -0.1) is 0 Å². The van der Waals surface area contributed by atoms with Crippen LogP contribution in [0.3, 0.4) is 0 Å². The zero-order valence-electron chi connectivity index (χ0n) is 31.5. The fraction of sp³-hybridized carbons (Fsp3) is 0.737. The highest BCUT2D eigenvalue weighted by Crippen LogP contribution is 2.33. The first-order valence-corrected chi connectivity index (χ1v) is 19.2. The minimum atomic E-state index is -1.04. The van der Waals surface area contributed by atoms with Crippen LogP contribution in [0.5, 0.6) is 0 Å². The highest BCUT2D eigenvalue weighted by Gasteiger charge is 2.39. The van der Waals surface area contributed by atoms with Gasteiger partial charge in [0.1, 0.15) is 18.1 Å². The number of unbranched alkanes of at least 4 members (excludes halogenated alkanes) is 4. The number of rotatable bonds is 23. The Labute approximate surface area is 314 Å². The fourth-order valence-corrected chi connectivity index (χ4v) is 6.96. The summed E-state index contributed by atoms with van der Waals surface area (Å²) < 4.78 is 0. The fourth-order valence-electron chi connectivity index (χ4n) is 6.96. The maximum Gasteiger partial charge on any atom is 0.320 e. The first-order valence-electron chi connectivity index (χ1n) is 19.2. The molecule has 2 fully saturated rings. The maximum absolute atomic E-state index is 12.5. The average molecular weight is 750 g/mol. The van der Waals surface area contributed by atoms with E-state index in [9.17, 15) is 49.2 Å². The molecule has 15 heteroatoms. The van der Waals surface area contributed by atoms with Gasteiger partial charge in [-0.05, 0) is 44.9 Å². The van der Waals surface area contributed by atoms with Gasteiger partial charge in [0.15, 0.2) is 0 Å². The average Bonchev–Trinajstić information content (AvgIpc) is 3.36. The Morgan fingerprint density at radius 3 is 2.02 bits per heavy atom. The number of nitrogens with one attached hydrogen (secondary N) is 1. The highest BCUT2D eigenvalue weighted by atomic mass is 16.4. The number of ketones is 1. The van der Waals surface area contributed by atoms with Gasteiger partial charge in [-0.3, -0.25) is 43.6 Å². The number of aliphatic hydroxyl groups is 1. The molecule has 0 aromatic carbocycles. The third-order valence-electron chi connectivity index (χ3n) is 10.0. The summed E-state index contributed by atoms with van der Waals surface area (Å²) in [6, 6.07) is -0.891. The lowest BCUT2D eigenvalue weighted by atomic mass is 9.90. The van der Waals surface area contributed by atoms with E-state index in [1.807, 2.05) is 23.1 Å². The van der Waals surface area contributed by atoms with E-state index in [2.05, 4.69) is 18.3 Å². The van der Waals surface area contributed by atoms with Gasteiger partial charge in [0.25, 0.3) is 0 Å². The molecule has 2 rings (SSSR count). The molecule has 1 aliphatic carbocycles. The van der Waals surface area contributed by atoms with Gasteiger partial charge in [0.2, 0.25) is 5.91 Å². The maximum atomic E-state index is 12.5. The molecule has 0 spiro atoms. The number of aldehydes is 1. The summed E-state index contributed by atoms with van der Waals surface area (Å²) in [6.45, 7) is 4.57. The largest absolute Gasteiger partial charge is 0.480 e. The molecule has 0 bridgehead atoms. The van der Waals surface area contributed by atoms with E-state index in [1.165, 1.54) is 0 Å². The van der Waals surface area contributed by atoms with Crippen LogP contribution in [0.2, 0.25) is 0 Å². The minimum absolute atomic E-state index is 0.0871. The third-order valence-corrected chi connectivity index (χ3v) is 10.0. The standard InChI is InChI=1S/C38H63N5O10/c1-2-3-4-5-8-12-30-31(34(46)27-33(30)45)13-9-6-7-10-15-35(47)39-16-11-14-32(38(52)53)43-23-21-40(25-26-44)17-18-41(28-36(48)49)19-20-42(22-24-43)29-37(50)51/h6,8-9,12,26,30-33,45H,2-5,7,10-11,13-25,27-29H2,1H3,(H,39,47)(H,48,49)(H,50,51)(H,52,53)/t30-,31+,32?,33+/m0/s1. The van der Waals surface area contributed by atoms with Crippen LogP contribution in [-0.4, -0.2) is 167 Å². The van der Waals surface area contributed by atoms with E-state index in [0.29, 0.717) is 71.4 Å². The number of allylic oxidation sites excluding steroid dienone is 3. The van der Waals surface area contributed by atoms with Crippen molar-refractivity contribution in [2.24, 2.45) is 11.8 Å². The molecule has 2 aliphatic rings. The van der Waals surface area contributed by atoms with Crippen LogP contribution >= 0.6 is 0 Å². The van der Waals surface area contributed by atoms with Crippen LogP contribution in [0.4, 0.5) is 0 Å². The summed E-state index contributed by atoms with van der Waals surface area (Å²) in [4.78, 5) is 78.8. The number of aliphatic carboxylic acids is 3. The molecular formula is C38H63N5O10. The van der Waals surface area contributed by atoms with Crippen LogP contribution in [0.1, 0.15) is 77.6 Å². The van der Waals surface area contributed by atoms with Crippen molar-refractivity contribution in [1.29, 1.82) is 0 Å². The monoisotopic (exact) mass is 749 g/mol. The topological polar surface area (TPSA) is 208 Å². The van der Waals surface area contributed by atoms with E-state index in [0.717, 1.165) is 32.0 Å². The number of aliphatic hydroxyl groups excluding tert-OH is 1. The number of carbonyl (C=O) groups excluding carboxylic acids is 3. The number of Topliss-reactive ketones (excluding diaryl/α,β-unsaturated/α-hetero) is 1. The quantitative estimate of drug-likeness (QED) is 0.0573. The van der Waals surface area contributed by atoms with Crippen molar-refractivity contribution in [3.63, 3.8) is 0 Å². The van der Waals surface area contributed by atoms with Crippen LogP contribution in [0.25, 0.3) is 0 Å². The minimum Gasteiger partial charge on any atom is -0.480 e. The Morgan fingerprint density at radius 1 is 0.811 bits per heavy atom. The SMILES string of the molecule is CCCCCC=C[C@@H]1[C@H](O)CC(=O)[C@@H]1CC=CCCCC(=O)NCCCC(C(=O)O)N1CCN(CC=O)CCN(CC(=O)O)CCN(CC(=O)O)CC1. The predicted molar refractivity (Wildman–Crippen MR) is 199 cm³/mol. The lowest BCUT2D eigenvalue weighted by Crippen LogP contribution is -2.51. The second kappa shape index (κ2) is 26.3. The Morgan fingerprint density at radius 2 is 1.42 bits per heavy atom. The molecule has 0 aromatic heterocycles. The molecular weight excluding hydrogens is 686 g/mol. The summed E-state index contributed by atoms with van der Waals surface area (Å²) in [5.74, 6) is -3.50. The highest BCUT2D eigenvalue weighted by molar-refractivity contribution is 5.84. The molecule has 15 nitrogen and oxygen atoms in total. The van der Waals surface area contributed by atoms with Gasteiger partial charge in [0.05, 0.1) is 25.7 Å². The summed E-state index contributed by atoms with van der Waals surface area (Å²) in [5.41, 5.74) is 0. The van der Waals surface area contributed by atoms with Crippen molar-refractivity contribution in [3.8, 4) is 0 Å². The number of carboxylic acids is 3. The van der Waals surface area contributed by atoms with Crippen LogP contribution < -0.4 is 5.32 Å². The van der Waals surface area contributed by atoms with Crippen molar-refractivity contribution in [1.82, 2.24) is 24.9 Å². The van der Waals surface area contributed by atoms with Gasteiger partial charge in [-0.25, -0.2) is 0 Å². The van der Waals surface area contributed by atoms with Crippen molar-refractivity contribution < 1.29 is 49.2 Å². The lowest BCUT2D eigenvalue weighted by molar-refractivity contribution is -0.144. The van der Waals surface area contributed by atoms with E-state index < -0.39 is 30.1 Å². The first kappa shape index (κ1) is 45.7. The normalized spacial score (nSPS) is 22.5. The lowest BCUT2D eigenvalue weighted by Gasteiger charge is -2.35. The Bertz CT molecular complexity index is 1210. The van der Waals surface area contributed by atoms with E-state index in [-0.39, 0.29) is 75.6 Å². The summed E-state index contributed by atoms with van der Waals surface area (Å²) >= 11 is 0. The van der Waals surface area contributed by atoms with Gasteiger partial charge >= 0.3 is 17.9 Å². The molecule has 300 valence electrons. The molecule has 1 heterocycles. The zero-order chi connectivity index (χ0) is 39.0. The van der Waals surface area contributed by atoms with Crippen LogP contribution in [0.15, 0.2) is 24.3 Å². The molecule has 1 saturated carbocycles. The number of hydrogen-bond acceptors (Lipinski definition) is 11. The Hall–Kier alpha value is -3.50. The third kappa shape index (κ3) is 18.9. The number of amides is 1. The molecule has 1 amide bonds. The number of carboxylic acid groups (broad SMARTS) is 3. The molecule has 1 aliphatic heterocycles. The summed E-state index contributed by atoms with van der Waals surface area (Å²) in [6.07, 6.45) is 15.5. The number of nitrogens with zero attached hydrogens (tertiary/aromatic N) is 4. The number of carbonyl (C=O) groups is 6. The molecule has 0 radical (unpaired) electrons. The molecule has 0 aromatic rings. The van der Waals surface area contributed by atoms with E-state index in [1.54, 1.807) is 14.7 Å². The first-order chi connectivity index (χ1) is 25.4. The van der Waals surface area contributed by atoms with Crippen molar-refractivity contribution in [2.75, 3.05) is 78.5 Å². The van der Waals surface area contributed by atoms with Gasteiger partial charge in [-0.2, -0.15) is 0 Å². The predicted octanol–water partition coefficient (Wildman–Crippen LogP) is 1.74. The van der Waals surface area contributed by atoms with Crippen LogP contribution in [-0.2, 0) is 28.8 Å². The van der Waals surface area contributed by atoms with Gasteiger partial charge in [-0.1, -0.05) is 44.1 Å². The van der Waals surface area contributed by atoms with Gasteiger partial charge < -0.3 is 30.5 Å². The van der Waals surface area contributed by atoms with E-state index >= 15 is 0 Å². The molecule has 1 unspecified atom stereocenters. The van der Waals surface area contributed by atoms with Crippen molar-refractivity contribution >= 4 is 35.9 Å². The van der Waals surface area contributed by atoms with E-state index in [4.69, 9.17) is 0 Å². The molecule has 53 heavy (non-hydrogen) atoms. The number of hydrogen-bond donors (Lipinski definition) is 5. The summed E-state index contributed by atoms with van der Waals surface area (Å²) in [5, 5.41) is 42.2. The molecule has 5 N–H and O–H groups in total. The Kier molecular flexibility index (Phi) is 22.7. The smallest absolute Gasteiger partial charge is 0.320 e. The second-order valence-electron chi connectivity index (χ2n) is 14.1. The zero-order valence-corrected chi connectivity index (χ0v) is 31.5. The second-order valence-corrected chi connectivity index (χ2v) is 14.1. The molecule has 4 atom stereocenters. The Balaban J connectivity index is 1.85. The van der Waals surface area contributed by atoms with Gasteiger partial charge in [0, 0.05) is 83.6 Å². The van der Waals surface area contributed by atoms with Crippen LogP contribution in [0, 0.1) is 11.8 Å². The van der Waals surface area contributed by atoms with Crippen molar-refractivity contribution in [3.05, 3.63) is 24.3 Å². The van der Waals surface area contributed by atoms with Crippen molar-refractivity contribution in [2.45, 2.75) is 89.7 Å².